The van der Waals surface area contributed by atoms with Crippen molar-refractivity contribution in [2.24, 2.45) is 10.7 Å². The minimum Gasteiger partial charge on any atom is -0.412 e. The number of amidine groups is 1. The SMILES string of the molecule is NC1=NCCS1.O.O. The van der Waals surface area contributed by atoms with Crippen LogP contribution < -0.4 is 5.73 Å². The van der Waals surface area contributed by atoms with E-state index in [-0.39, 0.29) is 11.0 Å². The van der Waals surface area contributed by atoms with Crippen LogP contribution in [-0.4, -0.2) is 28.4 Å². The monoisotopic (exact) mass is 138 g/mol. The number of rotatable bonds is 0. The second-order valence-electron chi connectivity index (χ2n) is 1.07. The topological polar surface area (TPSA) is 101 Å². The fraction of sp³-hybridized carbons (Fsp3) is 0.667. The third-order valence-electron chi connectivity index (χ3n) is 0.609. The summed E-state index contributed by atoms with van der Waals surface area (Å²) in [5.74, 6) is 1.08. The van der Waals surface area contributed by atoms with Crippen molar-refractivity contribution in [2.75, 3.05) is 12.3 Å². The molecule has 4 nitrogen and oxygen atoms in total. The van der Waals surface area contributed by atoms with Crippen LogP contribution in [0.1, 0.15) is 0 Å². The van der Waals surface area contributed by atoms with Crippen molar-refractivity contribution in [3.8, 4) is 0 Å². The van der Waals surface area contributed by atoms with Gasteiger partial charge in [-0.05, 0) is 0 Å². The molecule has 0 bridgehead atoms. The predicted octanol–water partition coefficient (Wildman–Crippen LogP) is -1.60. The summed E-state index contributed by atoms with van der Waals surface area (Å²) in [6.07, 6.45) is 0. The molecule has 0 aromatic carbocycles. The minimum atomic E-state index is 0. The van der Waals surface area contributed by atoms with Crippen molar-refractivity contribution < 1.29 is 11.0 Å². The highest BCUT2D eigenvalue weighted by Gasteiger charge is 1.98. The van der Waals surface area contributed by atoms with Gasteiger partial charge in [0, 0.05) is 5.75 Å². The quantitative estimate of drug-likeness (QED) is 0.435. The zero-order valence-electron chi connectivity index (χ0n) is 4.35. The summed E-state index contributed by atoms with van der Waals surface area (Å²) in [6, 6.07) is 0. The second kappa shape index (κ2) is 4.89. The van der Waals surface area contributed by atoms with E-state index < -0.39 is 0 Å². The number of nitrogens with zero attached hydrogens (tertiary/aromatic N) is 1. The molecule has 0 saturated carbocycles. The molecule has 0 saturated heterocycles. The largest absolute Gasteiger partial charge is 0.412 e. The molecule has 0 aromatic rings. The Morgan fingerprint density at radius 3 is 2.25 bits per heavy atom. The van der Waals surface area contributed by atoms with E-state index in [0.29, 0.717) is 0 Å². The number of aliphatic imine (C=N–C) groups is 1. The lowest BCUT2D eigenvalue weighted by Crippen LogP contribution is -2.00. The van der Waals surface area contributed by atoms with E-state index in [4.69, 9.17) is 5.73 Å². The highest BCUT2D eigenvalue weighted by atomic mass is 32.2. The van der Waals surface area contributed by atoms with Crippen molar-refractivity contribution in [3.63, 3.8) is 0 Å². The Morgan fingerprint density at radius 2 is 2.12 bits per heavy atom. The molecule has 8 heavy (non-hydrogen) atoms. The van der Waals surface area contributed by atoms with Crippen LogP contribution in [0.15, 0.2) is 4.99 Å². The molecule has 6 N–H and O–H groups in total. The number of thioether (sulfide) groups is 1. The van der Waals surface area contributed by atoms with Gasteiger partial charge >= 0.3 is 0 Å². The first kappa shape index (κ1) is 10.7. The van der Waals surface area contributed by atoms with Crippen molar-refractivity contribution >= 4 is 16.9 Å². The molecule has 5 heteroatoms. The van der Waals surface area contributed by atoms with Crippen LogP contribution in [-0.2, 0) is 0 Å². The van der Waals surface area contributed by atoms with Crippen molar-refractivity contribution in [2.45, 2.75) is 0 Å². The number of hydrogen-bond donors (Lipinski definition) is 1. The Kier molecular flexibility index (Phi) is 6.52. The van der Waals surface area contributed by atoms with Crippen LogP contribution in [0.5, 0.6) is 0 Å². The van der Waals surface area contributed by atoms with Gasteiger partial charge in [-0.1, -0.05) is 11.8 Å². The molecule has 1 heterocycles. The van der Waals surface area contributed by atoms with Crippen molar-refractivity contribution in [1.82, 2.24) is 0 Å². The summed E-state index contributed by atoms with van der Waals surface area (Å²) in [5, 5.41) is 0.745. The molecule has 0 spiro atoms. The molecule has 0 fully saturated rings. The van der Waals surface area contributed by atoms with E-state index in [9.17, 15) is 0 Å². The first-order valence-corrected chi connectivity index (χ1v) is 2.81. The molecule has 0 radical (unpaired) electrons. The maximum Gasteiger partial charge on any atom is 0.153 e. The van der Waals surface area contributed by atoms with Gasteiger partial charge in [-0.2, -0.15) is 0 Å². The Morgan fingerprint density at radius 1 is 1.50 bits per heavy atom. The van der Waals surface area contributed by atoms with Crippen LogP contribution >= 0.6 is 11.8 Å². The van der Waals surface area contributed by atoms with E-state index in [1.54, 1.807) is 11.8 Å². The zero-order chi connectivity index (χ0) is 4.41. The van der Waals surface area contributed by atoms with Gasteiger partial charge in [-0.25, -0.2) is 0 Å². The van der Waals surface area contributed by atoms with Crippen LogP contribution in [0.4, 0.5) is 0 Å². The van der Waals surface area contributed by atoms with Gasteiger partial charge in [-0.15, -0.1) is 0 Å². The Bertz CT molecular complexity index is 85.4. The summed E-state index contributed by atoms with van der Waals surface area (Å²) in [5.41, 5.74) is 5.25. The molecule has 1 aliphatic heterocycles. The Hall–Kier alpha value is -0.260. The van der Waals surface area contributed by atoms with E-state index in [2.05, 4.69) is 4.99 Å². The summed E-state index contributed by atoms with van der Waals surface area (Å²) in [4.78, 5) is 3.89. The predicted molar refractivity (Wildman–Crippen MR) is 36.2 cm³/mol. The lowest BCUT2D eigenvalue weighted by molar-refractivity contribution is 0.823. The molecule has 1 rings (SSSR count). The van der Waals surface area contributed by atoms with Gasteiger partial charge in [0.05, 0.1) is 6.54 Å². The molecular formula is C3H10N2O2S. The lowest BCUT2D eigenvalue weighted by atomic mass is 10.8. The maximum absolute atomic E-state index is 5.25. The van der Waals surface area contributed by atoms with E-state index in [1.807, 2.05) is 0 Å². The molecule has 50 valence electrons. The fourth-order valence-electron chi connectivity index (χ4n) is 0.352. The summed E-state index contributed by atoms with van der Waals surface area (Å²) < 4.78 is 0. The van der Waals surface area contributed by atoms with Gasteiger partial charge in [-0.3, -0.25) is 4.99 Å². The first-order chi connectivity index (χ1) is 2.89. The second-order valence-corrected chi connectivity index (χ2v) is 2.18. The summed E-state index contributed by atoms with van der Waals surface area (Å²) >= 11 is 1.62. The molecule has 0 atom stereocenters. The molecular weight excluding hydrogens is 128 g/mol. The van der Waals surface area contributed by atoms with Gasteiger partial charge < -0.3 is 16.7 Å². The maximum atomic E-state index is 5.25. The first-order valence-electron chi connectivity index (χ1n) is 1.82. The fourth-order valence-corrected chi connectivity index (χ4v) is 0.926. The summed E-state index contributed by atoms with van der Waals surface area (Å²) in [6.45, 7) is 0.913. The number of hydrogen-bond acceptors (Lipinski definition) is 3. The standard InChI is InChI=1S/C3H6N2S.2H2O/c4-3-5-1-2-6-3;;/h1-2H2,(H2,4,5);2*1H2. The zero-order valence-corrected chi connectivity index (χ0v) is 5.16. The van der Waals surface area contributed by atoms with Crippen molar-refractivity contribution in [3.05, 3.63) is 0 Å². The summed E-state index contributed by atoms with van der Waals surface area (Å²) in [7, 11) is 0. The van der Waals surface area contributed by atoms with E-state index >= 15 is 0 Å². The van der Waals surface area contributed by atoms with Crippen LogP contribution in [0.25, 0.3) is 0 Å². The average Bonchev–Trinajstić information content (AvgIpc) is 1.86. The Balaban J connectivity index is 0. The van der Waals surface area contributed by atoms with Gasteiger partial charge in [0.25, 0.3) is 0 Å². The van der Waals surface area contributed by atoms with Gasteiger partial charge in [0.15, 0.2) is 5.17 Å². The highest BCUT2D eigenvalue weighted by Crippen LogP contribution is 2.05. The average molecular weight is 138 g/mol. The van der Waals surface area contributed by atoms with Crippen LogP contribution in [0.2, 0.25) is 0 Å². The molecule has 0 unspecified atom stereocenters. The lowest BCUT2D eigenvalue weighted by Gasteiger charge is -1.78. The van der Waals surface area contributed by atoms with E-state index in [1.165, 1.54) is 0 Å². The number of nitrogens with two attached hydrogens (primary N) is 1. The smallest absolute Gasteiger partial charge is 0.153 e. The minimum absolute atomic E-state index is 0. The molecule has 0 aliphatic carbocycles. The highest BCUT2D eigenvalue weighted by molar-refractivity contribution is 8.14. The van der Waals surface area contributed by atoms with Gasteiger partial charge in [0.2, 0.25) is 0 Å². The third-order valence-corrected chi connectivity index (χ3v) is 1.42. The van der Waals surface area contributed by atoms with Crippen LogP contribution in [0, 0.1) is 0 Å². The molecule has 0 aromatic heterocycles. The van der Waals surface area contributed by atoms with Crippen molar-refractivity contribution in [1.29, 1.82) is 0 Å². The Labute approximate surface area is 51.8 Å². The molecule has 0 amide bonds. The normalized spacial score (nSPS) is 15.8. The van der Waals surface area contributed by atoms with Gasteiger partial charge in [0.1, 0.15) is 0 Å². The third kappa shape index (κ3) is 2.84. The molecule has 1 aliphatic rings. The van der Waals surface area contributed by atoms with E-state index in [0.717, 1.165) is 17.5 Å². The van der Waals surface area contributed by atoms with Crippen LogP contribution in [0.3, 0.4) is 0 Å².